The minimum Gasteiger partial charge on any atom is -0.497 e. The molecular formula is C23H19NO5. The van der Waals surface area contributed by atoms with Crippen LogP contribution < -0.4 is 10.5 Å². The van der Waals surface area contributed by atoms with E-state index in [0.717, 1.165) is 22.3 Å². The van der Waals surface area contributed by atoms with E-state index in [-0.39, 0.29) is 35.1 Å². The Balaban J connectivity index is 1.63. The van der Waals surface area contributed by atoms with Gasteiger partial charge >= 0.3 is 11.9 Å². The van der Waals surface area contributed by atoms with Gasteiger partial charge in [0.25, 0.3) is 0 Å². The predicted octanol–water partition coefficient (Wildman–Crippen LogP) is 3.94. The molecule has 0 heterocycles. The number of nitrogens with two attached hydrogens (primary N) is 1. The van der Waals surface area contributed by atoms with Gasteiger partial charge in [-0.15, -0.1) is 0 Å². The minimum absolute atomic E-state index is 0.0266. The lowest BCUT2D eigenvalue weighted by Gasteiger charge is -2.15. The van der Waals surface area contributed by atoms with E-state index in [2.05, 4.69) is 12.1 Å². The molecule has 6 heteroatoms. The zero-order valence-electron chi connectivity index (χ0n) is 15.7. The molecule has 1 aliphatic rings. The van der Waals surface area contributed by atoms with Crippen LogP contribution in [0.5, 0.6) is 5.75 Å². The van der Waals surface area contributed by atoms with Crippen molar-refractivity contribution in [2.24, 2.45) is 0 Å². The molecule has 29 heavy (non-hydrogen) atoms. The van der Waals surface area contributed by atoms with E-state index in [1.165, 1.54) is 19.2 Å². The number of carboxylic acids is 1. The van der Waals surface area contributed by atoms with Crippen LogP contribution >= 0.6 is 0 Å². The highest BCUT2D eigenvalue weighted by Gasteiger charge is 2.29. The highest BCUT2D eigenvalue weighted by Crippen LogP contribution is 2.44. The summed E-state index contributed by atoms with van der Waals surface area (Å²) in [5.41, 5.74) is 9.96. The van der Waals surface area contributed by atoms with Crippen molar-refractivity contribution < 1.29 is 24.2 Å². The number of esters is 1. The Hall–Kier alpha value is -3.80. The van der Waals surface area contributed by atoms with Gasteiger partial charge in [-0.05, 0) is 34.4 Å². The molecule has 6 nitrogen and oxygen atoms in total. The summed E-state index contributed by atoms with van der Waals surface area (Å²) < 4.78 is 10.7. The molecule has 3 aromatic carbocycles. The second-order valence-corrected chi connectivity index (χ2v) is 6.77. The monoisotopic (exact) mass is 389 g/mol. The number of benzene rings is 3. The summed E-state index contributed by atoms with van der Waals surface area (Å²) in [6, 6.07) is 18.7. The van der Waals surface area contributed by atoms with Crippen molar-refractivity contribution in [1.29, 1.82) is 0 Å². The van der Waals surface area contributed by atoms with Gasteiger partial charge in [0.1, 0.15) is 12.4 Å². The summed E-state index contributed by atoms with van der Waals surface area (Å²) in [5, 5.41) is 9.33. The maximum absolute atomic E-state index is 12.7. The van der Waals surface area contributed by atoms with E-state index >= 15 is 0 Å². The number of carboxylic acid groups (broad SMARTS) is 1. The van der Waals surface area contributed by atoms with Crippen molar-refractivity contribution in [3.63, 3.8) is 0 Å². The van der Waals surface area contributed by atoms with Gasteiger partial charge in [-0.3, -0.25) is 0 Å². The molecule has 146 valence electrons. The van der Waals surface area contributed by atoms with Gasteiger partial charge < -0.3 is 20.3 Å². The second-order valence-electron chi connectivity index (χ2n) is 6.77. The molecule has 0 amide bonds. The Morgan fingerprint density at radius 3 is 2.07 bits per heavy atom. The van der Waals surface area contributed by atoms with E-state index in [9.17, 15) is 14.7 Å². The van der Waals surface area contributed by atoms with Gasteiger partial charge in [-0.2, -0.15) is 0 Å². The number of anilines is 1. The van der Waals surface area contributed by atoms with Crippen LogP contribution in [-0.2, 0) is 4.74 Å². The highest BCUT2D eigenvalue weighted by molar-refractivity contribution is 6.03. The highest BCUT2D eigenvalue weighted by atomic mass is 16.5. The Bertz CT molecular complexity index is 1080. The van der Waals surface area contributed by atoms with Crippen LogP contribution in [0.1, 0.15) is 37.8 Å². The first kappa shape index (κ1) is 18.6. The smallest absolute Gasteiger partial charge is 0.340 e. The molecule has 0 saturated heterocycles. The molecule has 0 atom stereocenters. The number of carbonyl (C=O) groups excluding carboxylic acids is 1. The molecule has 0 radical (unpaired) electrons. The molecule has 0 aromatic heterocycles. The fourth-order valence-electron chi connectivity index (χ4n) is 3.77. The summed E-state index contributed by atoms with van der Waals surface area (Å²) in [6.45, 7) is 0.117. The number of carbonyl (C=O) groups is 2. The largest absolute Gasteiger partial charge is 0.497 e. The van der Waals surface area contributed by atoms with Gasteiger partial charge in [-0.25, -0.2) is 9.59 Å². The third kappa shape index (κ3) is 3.18. The van der Waals surface area contributed by atoms with Crippen LogP contribution in [0.25, 0.3) is 11.1 Å². The normalized spacial score (nSPS) is 12.2. The van der Waals surface area contributed by atoms with Crippen LogP contribution in [0, 0.1) is 0 Å². The predicted molar refractivity (Wildman–Crippen MR) is 108 cm³/mol. The molecule has 0 saturated carbocycles. The van der Waals surface area contributed by atoms with Crippen molar-refractivity contribution in [3.05, 3.63) is 82.9 Å². The van der Waals surface area contributed by atoms with Crippen molar-refractivity contribution in [2.75, 3.05) is 19.5 Å². The van der Waals surface area contributed by atoms with E-state index in [0.29, 0.717) is 0 Å². The number of rotatable bonds is 5. The molecule has 0 aliphatic heterocycles. The van der Waals surface area contributed by atoms with Crippen LogP contribution in [0.15, 0.2) is 60.7 Å². The first-order valence-corrected chi connectivity index (χ1v) is 9.07. The molecule has 3 aromatic rings. The Morgan fingerprint density at radius 1 is 0.966 bits per heavy atom. The Kier molecular flexibility index (Phi) is 4.68. The molecule has 0 bridgehead atoms. The van der Waals surface area contributed by atoms with E-state index < -0.39 is 11.9 Å². The van der Waals surface area contributed by atoms with Crippen LogP contribution in [0.3, 0.4) is 0 Å². The first-order chi connectivity index (χ1) is 14.0. The van der Waals surface area contributed by atoms with Gasteiger partial charge in [-0.1, -0.05) is 48.5 Å². The quantitative estimate of drug-likeness (QED) is 0.506. The standard InChI is InChI=1S/C23H19NO5/c1-28-13-10-18(22(25)26)21(24)19(11-13)23(27)29-12-20-16-8-4-2-6-14(16)15-7-3-5-9-17(15)20/h2-11,20H,12,24H2,1H3,(H,25,26). The number of nitrogen functional groups attached to an aromatic ring is 1. The maximum Gasteiger partial charge on any atom is 0.340 e. The van der Waals surface area contributed by atoms with Crippen LogP contribution in [0.2, 0.25) is 0 Å². The van der Waals surface area contributed by atoms with E-state index in [1.54, 1.807) is 0 Å². The lowest BCUT2D eigenvalue weighted by molar-refractivity contribution is 0.0494. The Labute approximate surface area is 167 Å². The lowest BCUT2D eigenvalue weighted by atomic mass is 9.98. The van der Waals surface area contributed by atoms with E-state index in [1.807, 2.05) is 36.4 Å². The summed E-state index contributed by atoms with van der Waals surface area (Å²) >= 11 is 0. The van der Waals surface area contributed by atoms with Crippen molar-refractivity contribution in [2.45, 2.75) is 5.92 Å². The average Bonchev–Trinajstić information content (AvgIpc) is 3.06. The SMILES string of the molecule is COc1cc(C(=O)O)c(N)c(C(=O)OCC2c3ccccc3-c3ccccc32)c1. The molecule has 3 N–H and O–H groups in total. The molecule has 4 rings (SSSR count). The van der Waals surface area contributed by atoms with Crippen molar-refractivity contribution >= 4 is 17.6 Å². The molecular weight excluding hydrogens is 370 g/mol. The lowest BCUT2D eigenvalue weighted by Crippen LogP contribution is -2.16. The topological polar surface area (TPSA) is 98.9 Å². The van der Waals surface area contributed by atoms with Gasteiger partial charge in [0, 0.05) is 5.92 Å². The summed E-state index contributed by atoms with van der Waals surface area (Å²) in [5.74, 6) is -1.81. The number of hydrogen-bond donors (Lipinski definition) is 2. The van der Waals surface area contributed by atoms with Crippen LogP contribution in [-0.4, -0.2) is 30.8 Å². The maximum atomic E-state index is 12.7. The number of hydrogen-bond acceptors (Lipinski definition) is 5. The third-order valence-electron chi connectivity index (χ3n) is 5.18. The summed E-state index contributed by atoms with van der Waals surface area (Å²) in [4.78, 5) is 24.2. The van der Waals surface area contributed by atoms with Gasteiger partial charge in [0.15, 0.2) is 0 Å². The molecule has 0 unspecified atom stereocenters. The average molecular weight is 389 g/mol. The van der Waals surface area contributed by atoms with Gasteiger partial charge in [0.05, 0.1) is 23.9 Å². The van der Waals surface area contributed by atoms with Crippen molar-refractivity contribution in [1.82, 2.24) is 0 Å². The molecule has 0 spiro atoms. The first-order valence-electron chi connectivity index (χ1n) is 9.07. The van der Waals surface area contributed by atoms with Crippen molar-refractivity contribution in [3.8, 4) is 16.9 Å². The fraction of sp³-hybridized carbons (Fsp3) is 0.130. The fourth-order valence-corrected chi connectivity index (χ4v) is 3.77. The minimum atomic E-state index is -1.24. The second kappa shape index (κ2) is 7.31. The number of ether oxygens (including phenoxy) is 2. The zero-order valence-corrected chi connectivity index (χ0v) is 15.7. The van der Waals surface area contributed by atoms with Crippen LogP contribution in [0.4, 0.5) is 5.69 Å². The number of methoxy groups -OCH3 is 1. The summed E-state index contributed by atoms with van der Waals surface area (Å²) in [6.07, 6.45) is 0. The molecule has 0 fully saturated rings. The molecule has 1 aliphatic carbocycles. The summed E-state index contributed by atoms with van der Waals surface area (Å²) in [7, 11) is 1.39. The number of aromatic carboxylic acids is 1. The number of fused-ring (bicyclic) bond motifs is 3. The van der Waals surface area contributed by atoms with Gasteiger partial charge in [0.2, 0.25) is 0 Å². The zero-order chi connectivity index (χ0) is 20.5. The third-order valence-corrected chi connectivity index (χ3v) is 5.18. The van der Waals surface area contributed by atoms with E-state index in [4.69, 9.17) is 15.2 Å². The Morgan fingerprint density at radius 2 is 1.52 bits per heavy atom.